The van der Waals surface area contributed by atoms with Gasteiger partial charge in [-0.15, -0.1) is 0 Å². The fraction of sp³-hybridized carbons (Fsp3) is 0.238. The van der Waals surface area contributed by atoms with Crippen LogP contribution in [0, 0.1) is 11.3 Å². The van der Waals surface area contributed by atoms with Gasteiger partial charge in [0.25, 0.3) is 5.91 Å². The molecule has 2 aromatic rings. The van der Waals surface area contributed by atoms with E-state index in [0.717, 1.165) is 23.4 Å². The number of rotatable bonds is 3. The zero-order valence-electron chi connectivity index (χ0n) is 15.2. The number of nitrogens with zero attached hydrogens (tertiary/aromatic N) is 1. The lowest BCUT2D eigenvalue weighted by Crippen LogP contribution is -2.24. The van der Waals surface area contributed by atoms with Crippen molar-refractivity contribution in [2.24, 2.45) is 0 Å². The molecule has 0 unspecified atom stereocenters. The predicted molar refractivity (Wildman–Crippen MR) is 98.5 cm³/mol. The highest BCUT2D eigenvalue weighted by Gasteiger charge is 2.31. The Hall–Kier alpha value is -3.27. The Morgan fingerprint density at radius 2 is 2.00 bits per heavy atom. The highest BCUT2D eigenvalue weighted by atomic mass is 19.4. The summed E-state index contributed by atoms with van der Waals surface area (Å²) in [6.07, 6.45) is -2.42. The quantitative estimate of drug-likeness (QED) is 0.599. The van der Waals surface area contributed by atoms with Crippen LogP contribution >= 0.6 is 0 Å². The highest BCUT2D eigenvalue weighted by molar-refractivity contribution is 6.09. The number of benzene rings is 2. The van der Waals surface area contributed by atoms with Gasteiger partial charge in [-0.05, 0) is 61.4 Å². The van der Waals surface area contributed by atoms with Gasteiger partial charge in [0.2, 0.25) is 0 Å². The molecule has 0 bridgehead atoms. The number of fused-ring (bicyclic) bond motifs is 1. The topological polar surface area (TPSA) is 62.1 Å². The molecule has 0 saturated carbocycles. The van der Waals surface area contributed by atoms with Crippen LogP contribution in [-0.4, -0.2) is 11.5 Å². The lowest BCUT2D eigenvalue weighted by atomic mass is 9.99. The van der Waals surface area contributed by atoms with Gasteiger partial charge in [0.05, 0.1) is 5.56 Å². The maximum Gasteiger partial charge on any atom is 0.416 e. The van der Waals surface area contributed by atoms with Crippen LogP contribution in [0.3, 0.4) is 0 Å². The van der Waals surface area contributed by atoms with Crippen LogP contribution in [0.25, 0.3) is 6.08 Å². The number of carbonyl (C=O) groups excluding carboxylic acids is 1. The van der Waals surface area contributed by atoms with E-state index in [1.807, 2.05) is 19.9 Å². The molecule has 0 radical (unpaired) electrons. The van der Waals surface area contributed by atoms with Gasteiger partial charge in [-0.25, -0.2) is 0 Å². The predicted octanol–water partition coefficient (Wildman–Crippen LogP) is 4.96. The Morgan fingerprint density at radius 1 is 1.25 bits per heavy atom. The minimum absolute atomic E-state index is 0.0370. The van der Waals surface area contributed by atoms with Crippen LogP contribution in [0.5, 0.6) is 5.75 Å². The maximum absolute atomic E-state index is 12.8. The van der Waals surface area contributed by atoms with Crippen LogP contribution in [0.2, 0.25) is 0 Å². The molecule has 0 fully saturated rings. The van der Waals surface area contributed by atoms with Crippen LogP contribution in [0.1, 0.15) is 30.5 Å². The fourth-order valence-corrected chi connectivity index (χ4v) is 3.01. The molecule has 0 spiro atoms. The first-order valence-electron chi connectivity index (χ1n) is 8.50. The van der Waals surface area contributed by atoms with E-state index in [4.69, 9.17) is 4.74 Å². The summed E-state index contributed by atoms with van der Waals surface area (Å²) < 4.78 is 44.2. The van der Waals surface area contributed by atoms with E-state index >= 15 is 0 Å². The Kier molecular flexibility index (Phi) is 4.90. The van der Waals surface area contributed by atoms with Crippen molar-refractivity contribution in [1.29, 1.82) is 5.26 Å². The number of hydrogen-bond acceptors (Lipinski definition) is 3. The first kappa shape index (κ1) is 19.5. The van der Waals surface area contributed by atoms with Gasteiger partial charge >= 0.3 is 6.18 Å². The molecule has 0 atom stereocenters. The molecule has 3 rings (SSSR count). The lowest BCUT2D eigenvalue weighted by molar-refractivity contribution is -0.137. The zero-order chi connectivity index (χ0) is 20.5. The van der Waals surface area contributed by atoms with Gasteiger partial charge < -0.3 is 10.1 Å². The number of nitrogens with one attached hydrogen (secondary N) is 1. The molecular formula is C21H17F3N2O2. The molecular weight excluding hydrogens is 369 g/mol. The molecule has 1 aliphatic heterocycles. The number of amides is 1. The third-order valence-corrected chi connectivity index (χ3v) is 4.21. The van der Waals surface area contributed by atoms with Gasteiger partial charge in [0.1, 0.15) is 23.0 Å². The average molecular weight is 386 g/mol. The number of carbonyl (C=O) groups is 1. The molecule has 1 aliphatic rings. The second-order valence-corrected chi connectivity index (χ2v) is 7.11. The van der Waals surface area contributed by atoms with Crippen molar-refractivity contribution in [2.75, 3.05) is 5.32 Å². The smallest absolute Gasteiger partial charge is 0.416 e. The van der Waals surface area contributed by atoms with Gasteiger partial charge in [-0.3, -0.25) is 4.79 Å². The van der Waals surface area contributed by atoms with Gasteiger partial charge in [0, 0.05) is 12.1 Å². The summed E-state index contributed by atoms with van der Waals surface area (Å²) in [6.45, 7) is 3.93. The average Bonchev–Trinajstić information content (AvgIpc) is 2.92. The van der Waals surface area contributed by atoms with E-state index in [2.05, 4.69) is 5.32 Å². The second kappa shape index (κ2) is 7.04. The molecule has 1 amide bonds. The van der Waals surface area contributed by atoms with Crippen molar-refractivity contribution in [1.82, 2.24) is 0 Å². The van der Waals surface area contributed by atoms with Crippen LogP contribution in [-0.2, 0) is 17.4 Å². The summed E-state index contributed by atoms with van der Waals surface area (Å²) in [7, 11) is 0. The molecule has 0 aromatic heterocycles. The summed E-state index contributed by atoms with van der Waals surface area (Å²) >= 11 is 0. The summed E-state index contributed by atoms with van der Waals surface area (Å²) in [5, 5.41) is 11.6. The normalized spacial score (nSPS) is 15.4. The molecule has 0 aliphatic carbocycles. The minimum Gasteiger partial charge on any atom is -0.487 e. The largest absolute Gasteiger partial charge is 0.487 e. The summed E-state index contributed by atoms with van der Waals surface area (Å²) in [5.74, 6) is -0.0204. The highest BCUT2D eigenvalue weighted by Crippen LogP contribution is 2.35. The monoisotopic (exact) mass is 386 g/mol. The number of anilines is 1. The number of alkyl halides is 3. The van der Waals surface area contributed by atoms with Gasteiger partial charge in [0.15, 0.2) is 0 Å². The van der Waals surface area contributed by atoms with Gasteiger partial charge in [-0.1, -0.05) is 12.1 Å². The van der Waals surface area contributed by atoms with E-state index in [1.165, 1.54) is 18.2 Å². The number of nitriles is 1. The third kappa shape index (κ3) is 4.34. The van der Waals surface area contributed by atoms with Crippen LogP contribution < -0.4 is 10.1 Å². The molecule has 4 nitrogen and oxygen atoms in total. The Balaban J connectivity index is 1.81. The van der Waals surface area contributed by atoms with Crippen molar-refractivity contribution in [3.8, 4) is 11.8 Å². The van der Waals surface area contributed by atoms with E-state index in [1.54, 1.807) is 18.2 Å². The fourth-order valence-electron chi connectivity index (χ4n) is 3.01. The molecule has 7 heteroatoms. The van der Waals surface area contributed by atoms with E-state index in [-0.39, 0.29) is 16.9 Å². The standard InChI is InChI=1S/C21H17F3N2O2/c1-20(2)11-14-8-13(6-7-18(14)28-20)9-15(12-25)19(27)26-17-5-3-4-16(10-17)21(22,23)24/h3-10H,11H2,1-2H3,(H,26,27)/b15-9+. The number of ether oxygens (including phenoxy) is 1. The Bertz CT molecular complexity index is 1000. The first-order valence-corrected chi connectivity index (χ1v) is 8.50. The van der Waals surface area contributed by atoms with Crippen molar-refractivity contribution < 1.29 is 22.7 Å². The van der Waals surface area contributed by atoms with Crippen molar-refractivity contribution in [3.63, 3.8) is 0 Å². The van der Waals surface area contributed by atoms with Gasteiger partial charge in [-0.2, -0.15) is 18.4 Å². The summed E-state index contributed by atoms with van der Waals surface area (Å²) in [6, 6.07) is 11.4. The molecule has 1 heterocycles. The van der Waals surface area contributed by atoms with E-state index in [0.29, 0.717) is 12.0 Å². The van der Waals surface area contributed by atoms with Crippen LogP contribution in [0.4, 0.5) is 18.9 Å². The Labute approximate surface area is 160 Å². The van der Waals surface area contributed by atoms with E-state index < -0.39 is 17.6 Å². The molecule has 0 saturated heterocycles. The SMILES string of the molecule is CC1(C)Cc2cc(/C=C(\C#N)C(=O)Nc3cccc(C(F)(F)F)c3)ccc2O1. The zero-order valence-corrected chi connectivity index (χ0v) is 15.2. The number of hydrogen-bond donors (Lipinski definition) is 1. The van der Waals surface area contributed by atoms with Crippen molar-refractivity contribution >= 4 is 17.7 Å². The lowest BCUT2D eigenvalue weighted by Gasteiger charge is -2.16. The van der Waals surface area contributed by atoms with Crippen LogP contribution in [0.15, 0.2) is 48.0 Å². The third-order valence-electron chi connectivity index (χ3n) is 4.21. The summed E-state index contributed by atoms with van der Waals surface area (Å²) in [5.41, 5.74) is 0.156. The molecule has 144 valence electrons. The number of halogens is 3. The first-order chi connectivity index (χ1) is 13.1. The minimum atomic E-state index is -4.52. The molecule has 28 heavy (non-hydrogen) atoms. The maximum atomic E-state index is 12.8. The molecule has 1 N–H and O–H groups in total. The van der Waals surface area contributed by atoms with Crippen molar-refractivity contribution in [2.45, 2.75) is 32.0 Å². The Morgan fingerprint density at radius 3 is 2.68 bits per heavy atom. The molecule has 2 aromatic carbocycles. The van der Waals surface area contributed by atoms with Crippen molar-refractivity contribution in [3.05, 3.63) is 64.7 Å². The second-order valence-electron chi connectivity index (χ2n) is 7.11. The summed E-state index contributed by atoms with van der Waals surface area (Å²) in [4.78, 5) is 12.3. The van der Waals surface area contributed by atoms with E-state index in [9.17, 15) is 23.2 Å².